The van der Waals surface area contributed by atoms with Gasteiger partial charge < -0.3 is 14.6 Å². The number of imidazole rings is 1. The van der Waals surface area contributed by atoms with Crippen molar-refractivity contribution in [2.75, 3.05) is 18.5 Å². The molecule has 0 saturated carbocycles. The number of aromatic amines is 1. The fourth-order valence-corrected chi connectivity index (χ4v) is 4.47. The van der Waals surface area contributed by atoms with E-state index in [1.54, 1.807) is 6.20 Å². The normalized spacial score (nSPS) is 18.0. The van der Waals surface area contributed by atoms with Crippen molar-refractivity contribution in [3.8, 4) is 11.4 Å². The molecule has 31 heavy (non-hydrogen) atoms. The summed E-state index contributed by atoms with van der Waals surface area (Å²) >= 11 is 0. The lowest BCUT2D eigenvalue weighted by atomic mass is 9.51. The van der Waals surface area contributed by atoms with Crippen LogP contribution in [0.5, 0.6) is 0 Å². The van der Waals surface area contributed by atoms with Gasteiger partial charge in [0.15, 0.2) is 28.5 Å². The van der Waals surface area contributed by atoms with Gasteiger partial charge in [0.25, 0.3) is 0 Å². The van der Waals surface area contributed by atoms with E-state index in [1.165, 1.54) is 19.9 Å². The maximum absolute atomic E-state index is 5.98. The third kappa shape index (κ3) is 3.00. The van der Waals surface area contributed by atoms with Crippen LogP contribution in [0.4, 0.5) is 5.82 Å². The van der Waals surface area contributed by atoms with Gasteiger partial charge in [0.05, 0.1) is 12.3 Å². The zero-order valence-corrected chi connectivity index (χ0v) is 18.1. The van der Waals surface area contributed by atoms with Gasteiger partial charge in [-0.25, -0.2) is 19.9 Å². The summed E-state index contributed by atoms with van der Waals surface area (Å²) in [6.07, 6.45) is 4.35. The number of aryl methyl sites for hydroxylation is 1. The second-order valence-electron chi connectivity index (χ2n) is 9.12. The summed E-state index contributed by atoms with van der Waals surface area (Å²) in [7, 11) is 1.32. The molecule has 4 aromatic heterocycles. The molecule has 0 unspecified atom stereocenters. The number of ether oxygens (including phenoxy) is 1. The van der Waals surface area contributed by atoms with Gasteiger partial charge in [-0.3, -0.25) is 5.10 Å². The summed E-state index contributed by atoms with van der Waals surface area (Å²) in [6.45, 7) is 8.35. The number of H-pyrrole nitrogens is 1. The first-order valence-corrected chi connectivity index (χ1v) is 11.0. The fraction of sp³-hybridized carbons (Fsp3) is 0.476. The van der Waals surface area contributed by atoms with Crippen LogP contribution in [0.2, 0.25) is 12.6 Å². The van der Waals surface area contributed by atoms with Crippen molar-refractivity contribution in [1.82, 2.24) is 34.7 Å². The number of pyridine rings is 1. The monoisotopic (exact) mass is 416 g/mol. The molecule has 0 radical (unpaired) electrons. The molecular formula is C21H25BN8O. The first kappa shape index (κ1) is 18.7. The van der Waals surface area contributed by atoms with Crippen LogP contribution in [-0.4, -0.2) is 55.1 Å². The van der Waals surface area contributed by atoms with Crippen LogP contribution in [-0.2, 0) is 16.9 Å². The molecule has 0 bridgehead atoms. The summed E-state index contributed by atoms with van der Waals surface area (Å²) in [5.74, 6) is 3.03. The zero-order valence-electron chi connectivity index (χ0n) is 18.1. The molecule has 9 nitrogen and oxygen atoms in total. The molecule has 0 atom stereocenters. The number of rotatable bonds is 4. The Bertz CT molecular complexity index is 1310. The van der Waals surface area contributed by atoms with Gasteiger partial charge in [-0.15, -0.1) is 0 Å². The van der Waals surface area contributed by atoms with E-state index in [-0.39, 0.29) is 0 Å². The van der Waals surface area contributed by atoms with E-state index < -0.39 is 5.60 Å². The van der Waals surface area contributed by atoms with Gasteiger partial charge in [0.2, 0.25) is 0 Å². The van der Waals surface area contributed by atoms with Crippen molar-refractivity contribution in [1.29, 1.82) is 0 Å². The number of anilines is 1. The van der Waals surface area contributed by atoms with E-state index in [0.29, 0.717) is 18.3 Å². The Morgan fingerprint density at radius 3 is 2.97 bits per heavy atom. The SMILES string of the molecule is Cc1n[nH]c2ncc(-c3nc(NCC4CBC4)c4nc5n(c4n3)CCOC5(C)C)cc12. The van der Waals surface area contributed by atoms with Gasteiger partial charge in [0.1, 0.15) is 18.7 Å². The summed E-state index contributed by atoms with van der Waals surface area (Å²) in [5.41, 5.74) is 3.74. The van der Waals surface area contributed by atoms with Crippen molar-refractivity contribution < 1.29 is 4.74 Å². The molecule has 2 aliphatic rings. The highest BCUT2D eigenvalue weighted by Crippen LogP contribution is 2.34. The van der Waals surface area contributed by atoms with E-state index in [9.17, 15) is 0 Å². The van der Waals surface area contributed by atoms with E-state index in [0.717, 1.165) is 58.2 Å². The molecule has 0 spiro atoms. The molecule has 2 aliphatic heterocycles. The zero-order chi connectivity index (χ0) is 21.2. The molecule has 1 fully saturated rings. The fourth-order valence-electron chi connectivity index (χ4n) is 4.47. The molecule has 1 saturated heterocycles. The van der Waals surface area contributed by atoms with Crippen molar-refractivity contribution >= 4 is 35.3 Å². The van der Waals surface area contributed by atoms with Crippen molar-refractivity contribution in [3.63, 3.8) is 0 Å². The van der Waals surface area contributed by atoms with Crippen LogP contribution in [0.3, 0.4) is 0 Å². The Labute approximate surface area is 180 Å². The molecule has 0 aromatic carbocycles. The summed E-state index contributed by atoms with van der Waals surface area (Å²) in [4.78, 5) is 19.3. The Hall–Kier alpha value is -3.01. The Morgan fingerprint density at radius 2 is 2.16 bits per heavy atom. The molecule has 0 aliphatic carbocycles. The van der Waals surface area contributed by atoms with Crippen LogP contribution < -0.4 is 5.32 Å². The molecule has 6 rings (SSSR count). The Morgan fingerprint density at radius 1 is 1.29 bits per heavy atom. The van der Waals surface area contributed by atoms with E-state index in [1.807, 2.05) is 6.92 Å². The van der Waals surface area contributed by atoms with Gasteiger partial charge in [-0.05, 0) is 32.8 Å². The molecule has 4 aromatic rings. The largest absolute Gasteiger partial charge is 0.368 e. The van der Waals surface area contributed by atoms with Crippen LogP contribution in [0.1, 0.15) is 25.4 Å². The predicted molar refractivity (Wildman–Crippen MR) is 121 cm³/mol. The summed E-state index contributed by atoms with van der Waals surface area (Å²) < 4.78 is 8.16. The lowest BCUT2D eigenvalue weighted by Gasteiger charge is -2.30. The second kappa shape index (κ2) is 6.75. The second-order valence-corrected chi connectivity index (χ2v) is 9.12. The van der Waals surface area contributed by atoms with E-state index >= 15 is 0 Å². The van der Waals surface area contributed by atoms with E-state index in [4.69, 9.17) is 19.7 Å². The number of fused-ring (bicyclic) bond motifs is 4. The average Bonchev–Trinajstić information content (AvgIpc) is 3.28. The summed E-state index contributed by atoms with van der Waals surface area (Å²) in [5, 5.41) is 11.8. The molecule has 10 heteroatoms. The highest BCUT2D eigenvalue weighted by atomic mass is 16.5. The number of nitrogens with one attached hydrogen (secondary N) is 2. The Balaban J connectivity index is 1.52. The standard InChI is InChI=1S/C21H25BN8O/c1-11-14-6-13(10-24-17(14)29-28-11)16-26-18(23-9-12-7-22-8-12)15-19(27-16)30-4-5-31-21(2,3)20(30)25-15/h6,10,12,22H,4-5,7-9H2,1-3H3,(H,23,26,27)(H,24,28,29). The molecule has 6 heterocycles. The quantitative estimate of drug-likeness (QED) is 0.493. The molecular weight excluding hydrogens is 391 g/mol. The Kier molecular flexibility index (Phi) is 4.08. The molecule has 2 N–H and O–H groups in total. The highest BCUT2D eigenvalue weighted by Gasteiger charge is 2.34. The van der Waals surface area contributed by atoms with Crippen LogP contribution in [0, 0.1) is 12.8 Å². The minimum atomic E-state index is -0.460. The maximum Gasteiger partial charge on any atom is 0.166 e. The molecule has 0 amide bonds. The maximum atomic E-state index is 5.98. The minimum absolute atomic E-state index is 0.460. The number of hydrogen-bond acceptors (Lipinski definition) is 7. The molecule has 158 valence electrons. The van der Waals surface area contributed by atoms with Gasteiger partial charge in [0, 0.05) is 30.2 Å². The third-order valence-corrected chi connectivity index (χ3v) is 6.56. The van der Waals surface area contributed by atoms with Crippen LogP contribution in [0.15, 0.2) is 12.3 Å². The van der Waals surface area contributed by atoms with Crippen molar-refractivity contribution in [2.24, 2.45) is 5.92 Å². The van der Waals surface area contributed by atoms with Crippen molar-refractivity contribution in [2.45, 2.75) is 45.6 Å². The topological polar surface area (TPSA) is 106 Å². The highest BCUT2D eigenvalue weighted by molar-refractivity contribution is 6.39. The number of aromatic nitrogens is 7. The summed E-state index contributed by atoms with van der Waals surface area (Å²) in [6, 6.07) is 2.05. The first-order chi connectivity index (χ1) is 15.0. The number of nitrogens with zero attached hydrogens (tertiary/aromatic N) is 6. The first-order valence-electron chi connectivity index (χ1n) is 11.0. The average molecular weight is 416 g/mol. The minimum Gasteiger partial charge on any atom is -0.368 e. The smallest absolute Gasteiger partial charge is 0.166 e. The number of hydrogen-bond donors (Lipinski definition) is 2. The third-order valence-electron chi connectivity index (χ3n) is 6.56. The van der Waals surface area contributed by atoms with E-state index in [2.05, 4.69) is 45.0 Å². The predicted octanol–water partition coefficient (Wildman–Crippen LogP) is 2.65. The van der Waals surface area contributed by atoms with Gasteiger partial charge >= 0.3 is 0 Å². The van der Waals surface area contributed by atoms with Crippen molar-refractivity contribution in [3.05, 3.63) is 23.8 Å². The lowest BCUT2D eigenvalue weighted by Crippen LogP contribution is -2.33. The van der Waals surface area contributed by atoms with Crippen LogP contribution >= 0.6 is 0 Å². The van der Waals surface area contributed by atoms with Gasteiger partial charge in [-0.1, -0.05) is 12.6 Å². The van der Waals surface area contributed by atoms with Crippen LogP contribution in [0.25, 0.3) is 33.6 Å². The lowest BCUT2D eigenvalue weighted by molar-refractivity contribution is -0.0530. The van der Waals surface area contributed by atoms with Gasteiger partial charge in [-0.2, -0.15) is 5.10 Å².